The Morgan fingerprint density at radius 1 is 1.60 bits per heavy atom. The maximum atomic E-state index is 4.24. The monoisotopic (exact) mass is 208 g/mol. The normalized spacial score (nSPS) is 17.9. The van der Waals surface area contributed by atoms with Crippen LogP contribution in [-0.2, 0) is 0 Å². The molecule has 1 aromatic rings. The summed E-state index contributed by atoms with van der Waals surface area (Å²) in [4.78, 5) is 4.24. The molecule has 84 valence electrons. The molecule has 1 aliphatic rings. The summed E-state index contributed by atoms with van der Waals surface area (Å²) in [5.41, 5.74) is 0. The van der Waals surface area contributed by atoms with E-state index in [0.29, 0.717) is 6.04 Å². The molecule has 15 heavy (non-hydrogen) atoms. The first-order valence-electron chi connectivity index (χ1n) is 5.98. The summed E-state index contributed by atoms with van der Waals surface area (Å²) in [6, 6.07) is 0.369. The zero-order chi connectivity index (χ0) is 10.5. The molecule has 2 rings (SSSR count). The maximum absolute atomic E-state index is 4.24. The van der Waals surface area contributed by atoms with Gasteiger partial charge < -0.3 is 5.32 Å². The van der Waals surface area contributed by atoms with Crippen LogP contribution in [0.25, 0.3) is 0 Å². The van der Waals surface area contributed by atoms with E-state index in [9.17, 15) is 0 Å². The Hall–Kier alpha value is -0.900. The third kappa shape index (κ3) is 3.30. The summed E-state index contributed by atoms with van der Waals surface area (Å²) in [5, 5.41) is 10.4. The molecule has 1 unspecified atom stereocenters. The van der Waals surface area contributed by atoms with Crippen LogP contribution in [0, 0.1) is 5.92 Å². The fraction of sp³-hybridized carbons (Fsp3) is 0.818. The minimum Gasteiger partial charge on any atom is -0.307 e. The van der Waals surface area contributed by atoms with Gasteiger partial charge in [0, 0.05) is 0 Å². The van der Waals surface area contributed by atoms with Crippen LogP contribution < -0.4 is 5.32 Å². The molecule has 1 heterocycles. The topological polar surface area (TPSA) is 53.6 Å². The zero-order valence-electron chi connectivity index (χ0n) is 9.37. The van der Waals surface area contributed by atoms with Crippen molar-refractivity contribution in [2.24, 2.45) is 5.92 Å². The Morgan fingerprint density at radius 3 is 3.07 bits per heavy atom. The van der Waals surface area contributed by atoms with E-state index < -0.39 is 0 Å². The first-order chi connectivity index (χ1) is 7.40. The molecular weight excluding hydrogens is 188 g/mol. The largest absolute Gasteiger partial charge is 0.307 e. The minimum atomic E-state index is 0.369. The molecule has 0 spiro atoms. The highest BCUT2D eigenvalue weighted by Gasteiger charge is 2.23. The average molecular weight is 208 g/mol. The van der Waals surface area contributed by atoms with Gasteiger partial charge in [-0.1, -0.05) is 19.8 Å². The van der Waals surface area contributed by atoms with Crippen LogP contribution in [0.15, 0.2) is 6.33 Å². The number of rotatable bonds is 7. The van der Waals surface area contributed by atoms with Gasteiger partial charge in [-0.05, 0) is 31.7 Å². The first-order valence-corrected chi connectivity index (χ1v) is 5.98. The van der Waals surface area contributed by atoms with Crippen molar-refractivity contribution in [3.05, 3.63) is 12.2 Å². The molecular formula is C11H20N4. The third-order valence-electron chi connectivity index (χ3n) is 2.96. The average Bonchev–Trinajstić information content (AvgIpc) is 2.92. The van der Waals surface area contributed by atoms with E-state index in [-0.39, 0.29) is 0 Å². The minimum absolute atomic E-state index is 0.369. The molecule has 0 aromatic carbocycles. The van der Waals surface area contributed by atoms with Gasteiger partial charge >= 0.3 is 0 Å². The van der Waals surface area contributed by atoms with Crippen molar-refractivity contribution in [3.63, 3.8) is 0 Å². The van der Waals surface area contributed by atoms with Crippen LogP contribution in [0.4, 0.5) is 0 Å². The van der Waals surface area contributed by atoms with Crippen molar-refractivity contribution >= 4 is 0 Å². The highest BCUT2D eigenvalue weighted by Crippen LogP contribution is 2.35. The van der Waals surface area contributed by atoms with E-state index in [1.807, 2.05) is 0 Å². The number of nitrogens with zero attached hydrogens (tertiary/aromatic N) is 2. The number of aromatic amines is 1. The predicted molar refractivity (Wildman–Crippen MR) is 59.4 cm³/mol. The number of hydrogen-bond donors (Lipinski definition) is 2. The molecule has 1 saturated carbocycles. The van der Waals surface area contributed by atoms with Gasteiger partial charge in [-0.25, -0.2) is 4.98 Å². The van der Waals surface area contributed by atoms with Gasteiger partial charge in [0.1, 0.15) is 12.2 Å². The lowest BCUT2D eigenvalue weighted by Gasteiger charge is -2.15. The maximum Gasteiger partial charge on any atom is 0.141 e. The van der Waals surface area contributed by atoms with Gasteiger partial charge in [0.2, 0.25) is 0 Å². The Bertz CT molecular complexity index is 266. The van der Waals surface area contributed by atoms with Crippen LogP contribution in [0.1, 0.15) is 50.9 Å². The molecule has 2 N–H and O–H groups in total. The van der Waals surface area contributed by atoms with Gasteiger partial charge in [0.05, 0.1) is 6.04 Å². The molecule has 1 aromatic heterocycles. The molecule has 4 heteroatoms. The number of hydrogen-bond acceptors (Lipinski definition) is 3. The van der Waals surface area contributed by atoms with Crippen LogP contribution >= 0.6 is 0 Å². The second-order valence-corrected chi connectivity index (χ2v) is 4.40. The Balaban J connectivity index is 1.83. The molecule has 0 amide bonds. The molecule has 1 fully saturated rings. The van der Waals surface area contributed by atoms with E-state index in [1.165, 1.54) is 25.7 Å². The van der Waals surface area contributed by atoms with Gasteiger partial charge in [-0.15, -0.1) is 0 Å². The number of aromatic nitrogens is 3. The fourth-order valence-electron chi connectivity index (χ4n) is 1.85. The lowest BCUT2D eigenvalue weighted by molar-refractivity contribution is 0.452. The lowest BCUT2D eigenvalue weighted by atomic mass is 10.1. The Labute approximate surface area is 90.9 Å². The van der Waals surface area contributed by atoms with Crippen molar-refractivity contribution in [2.75, 3.05) is 6.54 Å². The van der Waals surface area contributed by atoms with Gasteiger partial charge in [-0.3, -0.25) is 5.10 Å². The van der Waals surface area contributed by atoms with Crippen molar-refractivity contribution in [1.29, 1.82) is 0 Å². The van der Waals surface area contributed by atoms with E-state index in [2.05, 4.69) is 27.4 Å². The fourth-order valence-corrected chi connectivity index (χ4v) is 1.85. The van der Waals surface area contributed by atoms with Crippen molar-refractivity contribution < 1.29 is 0 Å². The van der Waals surface area contributed by atoms with Crippen LogP contribution in [0.2, 0.25) is 0 Å². The predicted octanol–water partition coefficient (Wildman–Crippen LogP) is 2.04. The van der Waals surface area contributed by atoms with E-state index in [4.69, 9.17) is 0 Å². The van der Waals surface area contributed by atoms with Gasteiger partial charge in [-0.2, -0.15) is 5.10 Å². The molecule has 0 saturated heterocycles. The number of H-pyrrole nitrogens is 1. The van der Waals surface area contributed by atoms with Crippen LogP contribution in [0.5, 0.6) is 0 Å². The Kier molecular flexibility index (Phi) is 3.72. The molecule has 0 aliphatic heterocycles. The summed E-state index contributed by atoms with van der Waals surface area (Å²) in [6.45, 7) is 3.24. The number of nitrogens with one attached hydrogen (secondary N) is 2. The Morgan fingerprint density at radius 2 is 2.47 bits per heavy atom. The van der Waals surface area contributed by atoms with Gasteiger partial charge in [0.25, 0.3) is 0 Å². The van der Waals surface area contributed by atoms with Crippen LogP contribution in [-0.4, -0.2) is 21.7 Å². The van der Waals surface area contributed by atoms with Gasteiger partial charge in [0.15, 0.2) is 0 Å². The molecule has 1 atom stereocenters. The lowest BCUT2D eigenvalue weighted by Crippen LogP contribution is -2.23. The van der Waals surface area contributed by atoms with E-state index in [1.54, 1.807) is 6.33 Å². The van der Waals surface area contributed by atoms with Crippen molar-refractivity contribution in [2.45, 2.75) is 45.1 Å². The second kappa shape index (κ2) is 5.26. The standard InChI is InChI=1S/C11H20N4/c1-2-7-12-10(6-5-9-3-4-9)11-13-8-14-15-11/h8-10,12H,2-7H2,1H3,(H,13,14,15). The van der Waals surface area contributed by atoms with E-state index >= 15 is 0 Å². The first kappa shape index (κ1) is 10.6. The van der Waals surface area contributed by atoms with Crippen molar-refractivity contribution in [3.8, 4) is 0 Å². The highest BCUT2D eigenvalue weighted by atomic mass is 15.2. The smallest absolute Gasteiger partial charge is 0.141 e. The second-order valence-electron chi connectivity index (χ2n) is 4.40. The summed E-state index contributed by atoms with van der Waals surface area (Å²) < 4.78 is 0. The summed E-state index contributed by atoms with van der Waals surface area (Å²) >= 11 is 0. The zero-order valence-corrected chi connectivity index (χ0v) is 9.37. The summed E-state index contributed by atoms with van der Waals surface area (Å²) in [5.74, 6) is 1.97. The third-order valence-corrected chi connectivity index (χ3v) is 2.96. The molecule has 0 bridgehead atoms. The van der Waals surface area contributed by atoms with Crippen LogP contribution in [0.3, 0.4) is 0 Å². The molecule has 1 aliphatic carbocycles. The highest BCUT2D eigenvalue weighted by molar-refractivity contribution is 4.92. The van der Waals surface area contributed by atoms with E-state index in [0.717, 1.165) is 24.7 Å². The summed E-state index contributed by atoms with van der Waals surface area (Å²) in [7, 11) is 0. The summed E-state index contributed by atoms with van der Waals surface area (Å²) in [6.07, 6.45) is 8.11. The molecule has 0 radical (unpaired) electrons. The quantitative estimate of drug-likeness (QED) is 0.721. The SMILES string of the molecule is CCCNC(CCC1CC1)c1ncn[nH]1. The van der Waals surface area contributed by atoms with Crippen molar-refractivity contribution in [1.82, 2.24) is 20.5 Å². The molecule has 4 nitrogen and oxygen atoms in total.